The third-order valence-electron chi connectivity index (χ3n) is 2.69. The van der Waals surface area contributed by atoms with Gasteiger partial charge in [0.15, 0.2) is 0 Å². The Morgan fingerprint density at radius 2 is 1.86 bits per heavy atom. The van der Waals surface area contributed by atoms with Gasteiger partial charge in [0.2, 0.25) is 10.0 Å². The lowest BCUT2D eigenvalue weighted by atomic mass is 10.4. The van der Waals surface area contributed by atoms with E-state index < -0.39 is 10.0 Å². The second kappa shape index (κ2) is 6.50. The summed E-state index contributed by atoms with van der Waals surface area (Å²) < 4.78 is 27.6. The fourth-order valence-corrected chi connectivity index (χ4v) is 2.82. The maximum Gasteiger partial charge on any atom is 0.240 e. The molecule has 0 bridgehead atoms. The third-order valence-corrected chi connectivity index (χ3v) is 4.64. The lowest BCUT2D eigenvalue weighted by molar-refractivity contribution is 0.579. The predicted molar refractivity (Wildman–Crippen MR) is 84.5 cm³/mol. The molecular formula is C13H15BrN4O2S. The summed E-state index contributed by atoms with van der Waals surface area (Å²) in [5.41, 5.74) is 0. The molecule has 0 unspecified atom stereocenters. The average Bonchev–Trinajstić information content (AvgIpc) is 2.46. The summed E-state index contributed by atoms with van der Waals surface area (Å²) in [6, 6.07) is 8.18. The van der Waals surface area contributed by atoms with Crippen molar-refractivity contribution in [3.05, 3.63) is 46.8 Å². The Balaban J connectivity index is 2.11. The topological polar surface area (TPSA) is 75.2 Å². The second-order valence-corrected chi connectivity index (χ2v) is 7.19. The SMILES string of the molecule is CN(C)c1ccnc(CNS(=O)(=O)c2ccc(Br)cc2)n1. The predicted octanol–water partition coefficient (Wildman–Crippen LogP) is 1.78. The molecule has 2 aromatic rings. The van der Waals surface area contributed by atoms with E-state index in [1.165, 1.54) is 12.1 Å². The summed E-state index contributed by atoms with van der Waals surface area (Å²) in [5.74, 6) is 1.14. The van der Waals surface area contributed by atoms with Crippen molar-refractivity contribution in [1.29, 1.82) is 0 Å². The summed E-state index contributed by atoms with van der Waals surface area (Å²) in [6.45, 7) is 0.0417. The lowest BCUT2D eigenvalue weighted by Gasteiger charge is -2.12. The van der Waals surface area contributed by atoms with Crippen LogP contribution in [0.3, 0.4) is 0 Å². The van der Waals surface area contributed by atoms with Crippen LogP contribution in [0.1, 0.15) is 5.82 Å². The molecule has 0 saturated heterocycles. The first-order valence-electron chi connectivity index (χ1n) is 6.13. The average molecular weight is 371 g/mol. The van der Waals surface area contributed by atoms with Crippen molar-refractivity contribution >= 4 is 31.8 Å². The van der Waals surface area contributed by atoms with Crippen molar-refractivity contribution in [1.82, 2.24) is 14.7 Å². The molecule has 0 aliphatic carbocycles. The molecule has 0 spiro atoms. The normalized spacial score (nSPS) is 11.4. The van der Waals surface area contributed by atoms with Gasteiger partial charge in [0.1, 0.15) is 11.6 Å². The molecule has 2 rings (SSSR count). The molecule has 0 saturated carbocycles. The Morgan fingerprint density at radius 1 is 1.19 bits per heavy atom. The molecule has 0 amide bonds. The number of halogens is 1. The highest BCUT2D eigenvalue weighted by atomic mass is 79.9. The summed E-state index contributed by atoms with van der Waals surface area (Å²) in [6.07, 6.45) is 1.60. The maximum absolute atomic E-state index is 12.1. The van der Waals surface area contributed by atoms with Crippen LogP contribution in [-0.4, -0.2) is 32.5 Å². The zero-order chi connectivity index (χ0) is 15.5. The van der Waals surface area contributed by atoms with Gasteiger partial charge >= 0.3 is 0 Å². The molecule has 1 aromatic heterocycles. The van der Waals surface area contributed by atoms with Crippen LogP contribution in [0.25, 0.3) is 0 Å². The maximum atomic E-state index is 12.1. The van der Waals surface area contributed by atoms with E-state index in [0.29, 0.717) is 5.82 Å². The molecule has 112 valence electrons. The number of hydrogen-bond acceptors (Lipinski definition) is 5. The minimum absolute atomic E-state index is 0.0417. The summed E-state index contributed by atoms with van der Waals surface area (Å²) in [5, 5.41) is 0. The highest BCUT2D eigenvalue weighted by Crippen LogP contribution is 2.14. The fraction of sp³-hybridized carbons (Fsp3) is 0.231. The molecule has 0 aliphatic heterocycles. The Kier molecular flexibility index (Phi) is 4.92. The first kappa shape index (κ1) is 15.9. The number of benzene rings is 1. The molecule has 0 radical (unpaired) electrons. The van der Waals surface area contributed by atoms with E-state index in [1.807, 2.05) is 19.0 Å². The molecule has 1 aromatic carbocycles. The highest BCUT2D eigenvalue weighted by molar-refractivity contribution is 9.10. The zero-order valence-electron chi connectivity index (χ0n) is 11.6. The summed E-state index contributed by atoms with van der Waals surface area (Å²) in [4.78, 5) is 10.4. The molecule has 1 heterocycles. The van der Waals surface area contributed by atoms with E-state index in [1.54, 1.807) is 24.4 Å². The van der Waals surface area contributed by atoms with Crippen molar-refractivity contribution in [3.8, 4) is 0 Å². The number of anilines is 1. The van der Waals surface area contributed by atoms with Crippen molar-refractivity contribution < 1.29 is 8.42 Å². The van der Waals surface area contributed by atoms with Gasteiger partial charge < -0.3 is 4.90 Å². The fourth-order valence-electron chi connectivity index (χ4n) is 1.58. The van der Waals surface area contributed by atoms with Crippen LogP contribution in [0.15, 0.2) is 45.9 Å². The van der Waals surface area contributed by atoms with Crippen molar-refractivity contribution in [2.75, 3.05) is 19.0 Å². The van der Waals surface area contributed by atoms with Crippen molar-refractivity contribution in [3.63, 3.8) is 0 Å². The van der Waals surface area contributed by atoms with E-state index in [-0.39, 0.29) is 11.4 Å². The zero-order valence-corrected chi connectivity index (χ0v) is 14.0. The Labute approximate surface area is 132 Å². The van der Waals surface area contributed by atoms with E-state index >= 15 is 0 Å². The van der Waals surface area contributed by atoms with Gasteiger partial charge in [-0.25, -0.2) is 23.1 Å². The molecule has 8 heteroatoms. The second-order valence-electron chi connectivity index (χ2n) is 4.50. The molecule has 21 heavy (non-hydrogen) atoms. The first-order chi connectivity index (χ1) is 9.88. The molecule has 6 nitrogen and oxygen atoms in total. The van der Waals surface area contributed by atoms with Crippen LogP contribution in [0.4, 0.5) is 5.82 Å². The summed E-state index contributed by atoms with van der Waals surface area (Å²) in [7, 11) is 0.146. The van der Waals surface area contributed by atoms with Crippen LogP contribution >= 0.6 is 15.9 Å². The van der Waals surface area contributed by atoms with Gasteiger partial charge in [0.05, 0.1) is 11.4 Å². The smallest absolute Gasteiger partial charge is 0.240 e. The minimum Gasteiger partial charge on any atom is -0.363 e. The van der Waals surface area contributed by atoms with Gasteiger partial charge in [0.25, 0.3) is 0 Å². The number of nitrogens with zero attached hydrogens (tertiary/aromatic N) is 3. The minimum atomic E-state index is -3.57. The monoisotopic (exact) mass is 370 g/mol. The summed E-state index contributed by atoms with van der Waals surface area (Å²) >= 11 is 3.27. The standard InChI is InChI=1S/C13H15BrN4O2S/c1-18(2)13-7-8-15-12(17-13)9-16-21(19,20)11-5-3-10(14)4-6-11/h3-8,16H,9H2,1-2H3. The van der Waals surface area contributed by atoms with Gasteiger partial charge in [-0.15, -0.1) is 0 Å². The van der Waals surface area contributed by atoms with Crippen LogP contribution in [0.2, 0.25) is 0 Å². The van der Waals surface area contributed by atoms with Crippen LogP contribution in [0, 0.1) is 0 Å². The van der Waals surface area contributed by atoms with Crippen LogP contribution in [-0.2, 0) is 16.6 Å². The third kappa shape index (κ3) is 4.23. The van der Waals surface area contributed by atoms with Gasteiger partial charge in [-0.05, 0) is 30.3 Å². The Morgan fingerprint density at radius 3 is 2.48 bits per heavy atom. The highest BCUT2D eigenvalue weighted by Gasteiger charge is 2.14. The largest absolute Gasteiger partial charge is 0.363 e. The van der Waals surface area contributed by atoms with Gasteiger partial charge in [-0.2, -0.15) is 0 Å². The molecule has 1 N–H and O–H groups in total. The molecule has 0 fully saturated rings. The van der Waals surface area contributed by atoms with E-state index in [9.17, 15) is 8.42 Å². The Hall–Kier alpha value is -1.51. The number of sulfonamides is 1. The lowest BCUT2D eigenvalue weighted by Crippen LogP contribution is -2.24. The molecule has 0 atom stereocenters. The number of aromatic nitrogens is 2. The Bertz CT molecular complexity index is 717. The van der Waals surface area contributed by atoms with Crippen LogP contribution in [0.5, 0.6) is 0 Å². The number of hydrogen-bond donors (Lipinski definition) is 1. The number of rotatable bonds is 5. The van der Waals surface area contributed by atoms with E-state index in [4.69, 9.17) is 0 Å². The molecular weight excluding hydrogens is 356 g/mol. The molecule has 0 aliphatic rings. The van der Waals surface area contributed by atoms with E-state index in [2.05, 4.69) is 30.6 Å². The quantitative estimate of drug-likeness (QED) is 0.867. The first-order valence-corrected chi connectivity index (χ1v) is 8.40. The van der Waals surface area contributed by atoms with Crippen LogP contribution < -0.4 is 9.62 Å². The number of nitrogens with one attached hydrogen (secondary N) is 1. The van der Waals surface area contributed by atoms with Crippen molar-refractivity contribution in [2.24, 2.45) is 0 Å². The van der Waals surface area contributed by atoms with Crippen molar-refractivity contribution in [2.45, 2.75) is 11.4 Å². The van der Waals surface area contributed by atoms with Gasteiger partial charge in [0, 0.05) is 24.8 Å². The van der Waals surface area contributed by atoms with Gasteiger partial charge in [-0.1, -0.05) is 15.9 Å². The van der Waals surface area contributed by atoms with E-state index in [0.717, 1.165) is 10.3 Å². The van der Waals surface area contributed by atoms with Gasteiger partial charge in [-0.3, -0.25) is 0 Å².